The molecule has 0 N–H and O–H groups in total. The van der Waals surface area contributed by atoms with Gasteiger partial charge in [-0.05, 0) is 93.7 Å². The second kappa shape index (κ2) is 18.4. The fraction of sp³-hybridized carbons (Fsp3) is 0.581. The molecule has 2 heterocycles. The van der Waals surface area contributed by atoms with E-state index in [0.29, 0.717) is 29.5 Å². The Morgan fingerprint density at radius 2 is 1.83 bits per heavy atom. The third-order valence-electron chi connectivity index (χ3n) is 11.0. The largest absolute Gasteiger partial charge is 0.476 e. The number of nitriles is 1. The van der Waals surface area contributed by atoms with Crippen LogP contribution in [0.2, 0.25) is 0 Å². The molecule has 1 aliphatic carbocycles. The van der Waals surface area contributed by atoms with Crippen LogP contribution < -0.4 is 0 Å². The van der Waals surface area contributed by atoms with Gasteiger partial charge in [0.2, 0.25) is 5.88 Å². The average Bonchev–Trinajstić information content (AvgIpc) is 3.76. The molecule has 11 heteroatoms. The number of benzene rings is 1. The quantitative estimate of drug-likeness (QED) is 0.134. The summed E-state index contributed by atoms with van der Waals surface area (Å²) in [5.41, 5.74) is -2.00. The summed E-state index contributed by atoms with van der Waals surface area (Å²) < 4.78 is 85.5. The lowest BCUT2D eigenvalue weighted by molar-refractivity contribution is -0.0872. The zero-order valence-electron chi connectivity index (χ0n) is 33.6. The topological polar surface area (TPSA) is 51.9 Å². The minimum absolute atomic E-state index is 0.00558. The monoisotopic (exact) mass is 772 g/mol. The molecule has 0 radical (unpaired) electrons. The van der Waals surface area contributed by atoms with Gasteiger partial charge in [-0.3, -0.25) is 4.90 Å². The second-order valence-corrected chi connectivity index (χ2v) is 16.4. The van der Waals surface area contributed by atoms with E-state index in [9.17, 15) is 5.26 Å². The first-order valence-electron chi connectivity index (χ1n) is 19.4. The van der Waals surface area contributed by atoms with Crippen LogP contribution in [0.25, 0.3) is 15.7 Å². The van der Waals surface area contributed by atoms with Crippen molar-refractivity contribution in [2.24, 2.45) is 16.8 Å². The molecule has 4 rings (SSSR count). The average molecular weight is 773 g/mol. The van der Waals surface area contributed by atoms with Gasteiger partial charge in [-0.25, -0.2) is 13.8 Å². The number of halogens is 5. The second-order valence-electron chi connectivity index (χ2n) is 15.3. The van der Waals surface area contributed by atoms with Crippen molar-refractivity contribution in [2.75, 3.05) is 26.7 Å². The number of hydrogen-bond donors (Lipinski definition) is 0. The summed E-state index contributed by atoms with van der Waals surface area (Å²) in [5.74, 6) is -1.36. The number of thiophene rings is 1. The number of nitrogens with zero attached hydrogens (tertiary/aromatic N) is 4. The zero-order valence-corrected chi connectivity index (χ0v) is 34.4. The van der Waals surface area contributed by atoms with Crippen molar-refractivity contribution >= 4 is 32.7 Å². The van der Waals surface area contributed by atoms with Crippen LogP contribution in [0.1, 0.15) is 123 Å². The molecule has 1 saturated heterocycles. The molecule has 1 aromatic carbocycles. The summed E-state index contributed by atoms with van der Waals surface area (Å²) in [7, 11) is 1.85. The van der Waals surface area contributed by atoms with E-state index in [-0.39, 0.29) is 62.3 Å². The van der Waals surface area contributed by atoms with Gasteiger partial charge < -0.3 is 9.64 Å². The van der Waals surface area contributed by atoms with Crippen molar-refractivity contribution in [1.82, 2.24) is 9.80 Å². The van der Waals surface area contributed by atoms with Crippen LogP contribution in [-0.2, 0) is 4.74 Å². The highest BCUT2D eigenvalue weighted by molar-refractivity contribution is 7.19. The van der Waals surface area contributed by atoms with E-state index in [1.54, 1.807) is 13.0 Å². The van der Waals surface area contributed by atoms with Crippen molar-refractivity contribution in [3.63, 3.8) is 0 Å². The van der Waals surface area contributed by atoms with Crippen LogP contribution in [-0.4, -0.2) is 60.5 Å². The summed E-state index contributed by atoms with van der Waals surface area (Å²) in [4.78, 5) is 9.52. The molecular weight excluding hydrogens is 716 g/mol. The molecule has 3 atom stereocenters. The molecular formula is C43H57F5N4OS. The lowest BCUT2D eigenvalue weighted by Gasteiger charge is -2.36. The fourth-order valence-electron chi connectivity index (χ4n) is 7.60. The minimum atomic E-state index is -5.01. The lowest BCUT2D eigenvalue weighted by Crippen LogP contribution is -2.36. The highest BCUT2D eigenvalue weighted by atomic mass is 32.1. The van der Waals surface area contributed by atoms with Gasteiger partial charge in [0.05, 0.1) is 15.8 Å². The highest BCUT2D eigenvalue weighted by Crippen LogP contribution is 2.49. The van der Waals surface area contributed by atoms with Crippen molar-refractivity contribution in [3.8, 4) is 6.07 Å². The van der Waals surface area contributed by atoms with Gasteiger partial charge >= 0.3 is 6.18 Å². The molecule has 0 spiro atoms. The van der Waals surface area contributed by atoms with Crippen LogP contribution in [0, 0.1) is 29.0 Å². The SMILES string of the molecule is CC/C=C(/N=C1/C(F)=C(c2ccc(F)c3sc(C(C)C)c(C#N)c23)C(C(F)(F)F)=C/C1=C(/C)N(C)C(CCC(C)CC)C(C)C)OCC1CCCN1CC. The van der Waals surface area contributed by atoms with E-state index in [2.05, 4.69) is 45.6 Å². The molecule has 1 aliphatic heterocycles. The van der Waals surface area contributed by atoms with Crippen LogP contribution in [0.4, 0.5) is 22.0 Å². The Bertz CT molecular complexity index is 1860. The van der Waals surface area contributed by atoms with E-state index in [1.165, 1.54) is 0 Å². The molecule has 1 aromatic heterocycles. The number of allylic oxidation sites excluding steroid dienone is 7. The predicted octanol–water partition coefficient (Wildman–Crippen LogP) is 12.5. The lowest BCUT2D eigenvalue weighted by atomic mass is 9.84. The first kappa shape index (κ1) is 43.2. The fourth-order valence-corrected chi connectivity index (χ4v) is 8.79. The maximum atomic E-state index is 17.7. The number of likely N-dealkylation sites (tertiary alicyclic amines) is 1. The Morgan fingerprint density at radius 1 is 1.13 bits per heavy atom. The molecule has 54 heavy (non-hydrogen) atoms. The minimum Gasteiger partial charge on any atom is -0.476 e. The number of rotatable bonds is 15. The first-order chi connectivity index (χ1) is 25.5. The summed E-state index contributed by atoms with van der Waals surface area (Å²) in [6.45, 7) is 19.9. The van der Waals surface area contributed by atoms with Gasteiger partial charge in [0.15, 0.2) is 5.83 Å². The molecule has 1 fully saturated rings. The van der Waals surface area contributed by atoms with Crippen LogP contribution in [0.15, 0.2) is 57.8 Å². The molecule has 0 amide bonds. The van der Waals surface area contributed by atoms with E-state index in [4.69, 9.17) is 9.73 Å². The van der Waals surface area contributed by atoms with Crippen LogP contribution in [0.3, 0.4) is 0 Å². The maximum absolute atomic E-state index is 17.7. The summed E-state index contributed by atoms with van der Waals surface area (Å²) in [6.07, 6.45) is 2.89. The van der Waals surface area contributed by atoms with E-state index < -0.39 is 29.0 Å². The molecule has 296 valence electrons. The van der Waals surface area contributed by atoms with Gasteiger partial charge in [-0.2, -0.15) is 18.4 Å². The number of alkyl halides is 3. The number of ether oxygens (including phenoxy) is 1. The first-order valence-corrected chi connectivity index (χ1v) is 20.3. The van der Waals surface area contributed by atoms with Crippen LogP contribution in [0.5, 0.6) is 0 Å². The van der Waals surface area contributed by atoms with Gasteiger partial charge in [-0.15, -0.1) is 11.3 Å². The van der Waals surface area contributed by atoms with E-state index in [0.717, 1.165) is 74.7 Å². The molecule has 2 aliphatic rings. The van der Waals surface area contributed by atoms with Gasteiger partial charge in [0.25, 0.3) is 0 Å². The van der Waals surface area contributed by atoms with Crippen molar-refractivity contribution in [2.45, 2.75) is 125 Å². The Hall–Kier alpha value is -3.49. The summed E-state index contributed by atoms with van der Waals surface area (Å²) >= 11 is 1.01. The molecule has 5 nitrogen and oxygen atoms in total. The smallest absolute Gasteiger partial charge is 0.417 e. The van der Waals surface area contributed by atoms with E-state index >= 15 is 22.0 Å². The maximum Gasteiger partial charge on any atom is 0.417 e. The Morgan fingerprint density at radius 3 is 2.41 bits per heavy atom. The highest BCUT2D eigenvalue weighted by Gasteiger charge is 2.43. The van der Waals surface area contributed by atoms with E-state index in [1.807, 2.05) is 32.7 Å². The summed E-state index contributed by atoms with van der Waals surface area (Å²) in [5, 5.41) is 10.2. The van der Waals surface area contributed by atoms with Crippen molar-refractivity contribution in [1.29, 1.82) is 5.26 Å². The van der Waals surface area contributed by atoms with Gasteiger partial charge in [0, 0.05) is 46.2 Å². The number of fused-ring (bicyclic) bond motifs is 1. The van der Waals surface area contributed by atoms with Gasteiger partial charge in [-0.1, -0.05) is 67.9 Å². The molecule has 0 bridgehead atoms. The third-order valence-corrected chi connectivity index (χ3v) is 12.5. The Labute approximate surface area is 323 Å². The molecule has 0 saturated carbocycles. The predicted molar refractivity (Wildman–Crippen MR) is 213 cm³/mol. The molecule has 2 aromatic rings. The molecule has 3 unspecified atom stereocenters. The van der Waals surface area contributed by atoms with Crippen molar-refractivity contribution in [3.05, 3.63) is 74.7 Å². The van der Waals surface area contributed by atoms with Gasteiger partial charge in [0.1, 0.15) is 24.2 Å². The Balaban J connectivity index is 2.05. The zero-order chi connectivity index (χ0) is 40.1. The number of hydrogen-bond acceptors (Lipinski definition) is 6. The Kier molecular flexibility index (Phi) is 14.8. The van der Waals surface area contributed by atoms with Crippen molar-refractivity contribution < 1.29 is 26.7 Å². The standard InChI is InChI=1S/C43H57F5N4OS/c1-11-15-36(53-24-29-16-14-21-52(29)13-3)50-40-31(28(9)51(10)35(25(4)5)20-17-27(8)12-2)22-33(43(46,47)48)38(39(40)45)30-18-19-34(44)42-37(30)32(23-49)41(54-42)26(6)7/h15,18-19,22,25-27,29,35H,11-14,16-17,20-21,24H2,1-10H3/b31-28+,36-15-,50-40+. The number of aliphatic imine (C=N–C) groups is 1. The van der Waals surface area contributed by atoms with Crippen LogP contribution >= 0.6 is 11.3 Å². The third kappa shape index (κ3) is 9.30. The normalized spacial score (nSPS) is 20.3. The summed E-state index contributed by atoms with van der Waals surface area (Å²) in [6, 6.07) is 4.39. The number of likely N-dealkylation sites (N-methyl/N-ethyl adjacent to an activating group) is 1.